The normalized spacial score (nSPS) is 17.6. The van der Waals surface area contributed by atoms with Gasteiger partial charge in [0.05, 0.1) is 11.4 Å². The van der Waals surface area contributed by atoms with Gasteiger partial charge < -0.3 is 10.1 Å². The fraction of sp³-hybridized carbons (Fsp3) is 0.368. The zero-order chi connectivity index (χ0) is 17.1. The molecule has 4 rings (SSSR count). The Morgan fingerprint density at radius 1 is 1.12 bits per heavy atom. The van der Waals surface area contributed by atoms with Gasteiger partial charge in [0.1, 0.15) is 11.9 Å². The zero-order valence-corrected chi connectivity index (χ0v) is 14.1. The fourth-order valence-corrected chi connectivity index (χ4v) is 3.57. The molecule has 1 fully saturated rings. The minimum Gasteiger partial charge on any atom is -0.385 e. The summed E-state index contributed by atoms with van der Waals surface area (Å²) in [4.78, 5) is 9.64. The highest BCUT2D eigenvalue weighted by atomic mass is 16.3. The van der Waals surface area contributed by atoms with E-state index in [1.807, 2.05) is 29.1 Å². The molecule has 0 bridgehead atoms. The highest BCUT2D eigenvalue weighted by Crippen LogP contribution is 2.29. The molecule has 1 aliphatic rings. The lowest BCUT2D eigenvalue weighted by Crippen LogP contribution is -2.35. The molecule has 1 aliphatic heterocycles. The quantitative estimate of drug-likeness (QED) is 0.751. The number of H-pyrrole nitrogens is 1. The summed E-state index contributed by atoms with van der Waals surface area (Å²) in [6, 6.07) is 12.3. The lowest BCUT2D eigenvalue weighted by Gasteiger charge is -2.33. The van der Waals surface area contributed by atoms with Gasteiger partial charge in [0.15, 0.2) is 0 Å². The van der Waals surface area contributed by atoms with E-state index in [0.717, 1.165) is 38.2 Å². The third kappa shape index (κ3) is 3.50. The van der Waals surface area contributed by atoms with Crippen molar-refractivity contribution in [2.24, 2.45) is 5.92 Å². The maximum Gasteiger partial charge on any atom is 0.135 e. The third-order valence-electron chi connectivity index (χ3n) is 4.99. The largest absolute Gasteiger partial charge is 0.385 e. The number of hydrogen-bond acceptors (Lipinski definition) is 4. The second kappa shape index (κ2) is 7.21. The summed E-state index contributed by atoms with van der Waals surface area (Å²) in [7, 11) is 0. The first-order chi connectivity index (χ1) is 12.3. The van der Waals surface area contributed by atoms with Gasteiger partial charge in [-0.25, -0.2) is 9.67 Å². The van der Waals surface area contributed by atoms with E-state index >= 15 is 0 Å². The predicted octanol–water partition coefficient (Wildman–Crippen LogP) is 2.54. The van der Waals surface area contributed by atoms with Crippen LogP contribution >= 0.6 is 0 Å². The molecule has 6 heteroatoms. The number of aromatic amines is 1. The minimum atomic E-state index is -0.494. The van der Waals surface area contributed by atoms with Crippen LogP contribution in [0.3, 0.4) is 0 Å². The van der Waals surface area contributed by atoms with E-state index in [2.05, 4.69) is 38.2 Å². The van der Waals surface area contributed by atoms with Crippen molar-refractivity contribution in [2.75, 3.05) is 13.1 Å². The van der Waals surface area contributed by atoms with Gasteiger partial charge in [-0.05, 0) is 50.0 Å². The molecule has 2 aromatic heterocycles. The molecular formula is C19H23N5O. The summed E-state index contributed by atoms with van der Waals surface area (Å²) in [6.07, 6.45) is 6.77. The van der Waals surface area contributed by atoms with Crippen LogP contribution in [0.5, 0.6) is 0 Å². The molecule has 0 saturated carbocycles. The number of imidazole rings is 1. The number of likely N-dealkylation sites (tertiary alicyclic amines) is 1. The predicted molar refractivity (Wildman–Crippen MR) is 95.1 cm³/mol. The summed E-state index contributed by atoms with van der Waals surface area (Å²) >= 11 is 0. The second-order valence-electron chi connectivity index (χ2n) is 6.60. The van der Waals surface area contributed by atoms with Crippen molar-refractivity contribution < 1.29 is 5.11 Å². The van der Waals surface area contributed by atoms with Gasteiger partial charge in [0, 0.05) is 25.1 Å². The summed E-state index contributed by atoms with van der Waals surface area (Å²) in [5, 5.41) is 14.9. The molecule has 1 saturated heterocycles. The second-order valence-corrected chi connectivity index (χ2v) is 6.60. The Morgan fingerprint density at radius 2 is 1.92 bits per heavy atom. The molecule has 3 heterocycles. The molecule has 2 N–H and O–H groups in total. The maximum absolute atomic E-state index is 10.4. The average Bonchev–Trinajstić information content (AvgIpc) is 3.35. The van der Waals surface area contributed by atoms with Crippen LogP contribution in [-0.2, 0) is 6.54 Å². The third-order valence-corrected chi connectivity index (χ3v) is 4.99. The summed E-state index contributed by atoms with van der Waals surface area (Å²) in [5.41, 5.74) is 2.28. The van der Waals surface area contributed by atoms with E-state index < -0.39 is 6.10 Å². The van der Waals surface area contributed by atoms with Gasteiger partial charge in [0.25, 0.3) is 0 Å². The Bertz CT molecular complexity index is 775. The van der Waals surface area contributed by atoms with E-state index in [9.17, 15) is 5.11 Å². The van der Waals surface area contributed by atoms with Gasteiger partial charge in [0.2, 0.25) is 0 Å². The van der Waals surface area contributed by atoms with Gasteiger partial charge in [-0.1, -0.05) is 18.2 Å². The van der Waals surface area contributed by atoms with Gasteiger partial charge in [-0.3, -0.25) is 4.90 Å². The monoisotopic (exact) mass is 337 g/mol. The van der Waals surface area contributed by atoms with Crippen molar-refractivity contribution in [1.82, 2.24) is 24.6 Å². The summed E-state index contributed by atoms with van der Waals surface area (Å²) in [6.45, 7) is 2.82. The Morgan fingerprint density at radius 3 is 2.64 bits per heavy atom. The van der Waals surface area contributed by atoms with Gasteiger partial charge >= 0.3 is 0 Å². The highest BCUT2D eigenvalue weighted by molar-refractivity contribution is 5.32. The van der Waals surface area contributed by atoms with E-state index in [1.165, 1.54) is 5.69 Å². The topological polar surface area (TPSA) is 70.0 Å². The molecular weight excluding hydrogens is 314 g/mol. The Hall–Kier alpha value is -2.44. The number of nitrogens with zero attached hydrogens (tertiary/aromatic N) is 4. The number of nitrogens with one attached hydrogen (secondary N) is 1. The maximum atomic E-state index is 10.4. The van der Waals surface area contributed by atoms with Gasteiger partial charge in [-0.15, -0.1) is 0 Å². The first-order valence-corrected chi connectivity index (χ1v) is 8.79. The zero-order valence-electron chi connectivity index (χ0n) is 14.1. The van der Waals surface area contributed by atoms with Crippen molar-refractivity contribution in [3.63, 3.8) is 0 Å². The number of piperidine rings is 1. The Labute approximate surface area is 147 Å². The fourth-order valence-electron chi connectivity index (χ4n) is 3.57. The molecule has 0 spiro atoms. The molecule has 6 nitrogen and oxygen atoms in total. The number of hydrogen-bond donors (Lipinski definition) is 2. The number of rotatable bonds is 5. The number of aliphatic hydroxyl groups is 1. The van der Waals surface area contributed by atoms with Crippen LogP contribution < -0.4 is 0 Å². The Balaban J connectivity index is 1.38. The van der Waals surface area contributed by atoms with Crippen molar-refractivity contribution >= 4 is 0 Å². The molecule has 3 aromatic rings. The summed E-state index contributed by atoms with van der Waals surface area (Å²) in [5.74, 6) is 0.946. The molecule has 1 aromatic carbocycles. The van der Waals surface area contributed by atoms with E-state index in [4.69, 9.17) is 0 Å². The van der Waals surface area contributed by atoms with Crippen molar-refractivity contribution in [1.29, 1.82) is 0 Å². The van der Waals surface area contributed by atoms with Crippen LogP contribution in [0.15, 0.2) is 55.0 Å². The van der Waals surface area contributed by atoms with Crippen LogP contribution in [-0.4, -0.2) is 42.8 Å². The summed E-state index contributed by atoms with van der Waals surface area (Å²) < 4.78 is 2.00. The number of benzene rings is 1. The van der Waals surface area contributed by atoms with Crippen LogP contribution in [0.25, 0.3) is 5.69 Å². The number of aliphatic hydroxyl groups excluding tert-OH is 1. The smallest absolute Gasteiger partial charge is 0.135 e. The molecule has 0 aliphatic carbocycles. The minimum absolute atomic E-state index is 0.265. The van der Waals surface area contributed by atoms with E-state index in [-0.39, 0.29) is 5.92 Å². The van der Waals surface area contributed by atoms with E-state index in [0.29, 0.717) is 5.82 Å². The number of aromatic nitrogens is 4. The molecule has 1 unspecified atom stereocenters. The lowest BCUT2D eigenvalue weighted by atomic mass is 9.91. The molecule has 130 valence electrons. The Kier molecular flexibility index (Phi) is 4.63. The average molecular weight is 337 g/mol. The molecule has 0 amide bonds. The molecule has 1 atom stereocenters. The SMILES string of the molecule is OC(c1ncc[nH]1)C1CCN(Cc2ccnn2-c2ccccc2)CC1. The van der Waals surface area contributed by atoms with E-state index in [1.54, 1.807) is 12.4 Å². The van der Waals surface area contributed by atoms with Crippen molar-refractivity contribution in [2.45, 2.75) is 25.5 Å². The molecule has 0 radical (unpaired) electrons. The first kappa shape index (κ1) is 16.1. The lowest BCUT2D eigenvalue weighted by molar-refractivity contribution is 0.0510. The van der Waals surface area contributed by atoms with Crippen LogP contribution in [0.2, 0.25) is 0 Å². The van der Waals surface area contributed by atoms with Gasteiger partial charge in [-0.2, -0.15) is 5.10 Å². The highest BCUT2D eigenvalue weighted by Gasteiger charge is 2.27. The van der Waals surface area contributed by atoms with Crippen LogP contribution in [0.1, 0.15) is 30.5 Å². The molecule has 25 heavy (non-hydrogen) atoms. The standard InChI is InChI=1S/C19H23N5O/c25-18(19-20-10-11-21-19)15-7-12-23(13-8-15)14-17-6-9-22-24(17)16-4-2-1-3-5-16/h1-6,9-11,15,18,25H,7-8,12-14H2,(H,20,21). The van der Waals surface area contributed by atoms with Crippen molar-refractivity contribution in [3.05, 3.63) is 66.5 Å². The van der Waals surface area contributed by atoms with Crippen molar-refractivity contribution in [3.8, 4) is 5.69 Å². The first-order valence-electron chi connectivity index (χ1n) is 8.79. The number of para-hydroxylation sites is 1. The van der Waals surface area contributed by atoms with Crippen LogP contribution in [0.4, 0.5) is 0 Å². The van der Waals surface area contributed by atoms with Crippen LogP contribution in [0, 0.1) is 5.92 Å².